The molecular formula is C20H19FN2O4S. The van der Waals surface area contributed by atoms with E-state index in [1.165, 1.54) is 38.1 Å². The summed E-state index contributed by atoms with van der Waals surface area (Å²) in [6.07, 6.45) is 0.969. The number of anilines is 1. The Kier molecular flexibility index (Phi) is 6.45. The average Bonchev–Trinajstić information content (AvgIpc) is 2.70. The fourth-order valence-corrected chi connectivity index (χ4v) is 3.50. The first kappa shape index (κ1) is 20.1. The lowest BCUT2D eigenvalue weighted by atomic mass is 10.1. The number of halogens is 1. The second-order valence-electron chi connectivity index (χ2n) is 5.91. The molecule has 0 radical (unpaired) electrons. The van der Waals surface area contributed by atoms with Gasteiger partial charge in [-0.25, -0.2) is 4.39 Å². The van der Waals surface area contributed by atoms with Crippen LogP contribution in [0.3, 0.4) is 0 Å². The fraction of sp³-hybridized carbons (Fsp3) is 0.200. The van der Waals surface area contributed by atoms with E-state index in [1.54, 1.807) is 36.4 Å². The highest BCUT2D eigenvalue weighted by Crippen LogP contribution is 2.39. The lowest BCUT2D eigenvalue weighted by Gasteiger charge is -2.20. The Morgan fingerprint density at radius 3 is 2.71 bits per heavy atom. The number of carbonyl (C=O) groups is 2. The molecule has 28 heavy (non-hydrogen) atoms. The van der Waals surface area contributed by atoms with Gasteiger partial charge in [-0.15, -0.1) is 0 Å². The van der Waals surface area contributed by atoms with Gasteiger partial charge in [0.1, 0.15) is 5.82 Å². The van der Waals surface area contributed by atoms with Crippen LogP contribution in [0.1, 0.15) is 15.9 Å². The molecule has 0 fully saturated rings. The summed E-state index contributed by atoms with van der Waals surface area (Å²) in [5, 5.41) is 5.46. The van der Waals surface area contributed by atoms with E-state index in [-0.39, 0.29) is 18.4 Å². The summed E-state index contributed by atoms with van der Waals surface area (Å²) in [4.78, 5) is 25.8. The molecule has 0 saturated heterocycles. The van der Waals surface area contributed by atoms with E-state index in [1.807, 2.05) is 0 Å². The number of amides is 2. The molecule has 146 valence electrons. The molecule has 8 heteroatoms. The van der Waals surface area contributed by atoms with Crippen molar-refractivity contribution in [3.05, 3.63) is 64.3 Å². The first-order chi connectivity index (χ1) is 13.5. The summed E-state index contributed by atoms with van der Waals surface area (Å²) >= 11 is 1.23. The minimum atomic E-state index is -0.539. The maximum atomic E-state index is 13.8. The van der Waals surface area contributed by atoms with Crippen molar-refractivity contribution in [3.63, 3.8) is 0 Å². The van der Waals surface area contributed by atoms with Gasteiger partial charge in [0.05, 0.1) is 17.1 Å². The van der Waals surface area contributed by atoms with Crippen LogP contribution in [-0.4, -0.2) is 38.9 Å². The first-order valence-corrected chi connectivity index (χ1v) is 9.26. The predicted molar refractivity (Wildman–Crippen MR) is 105 cm³/mol. The van der Waals surface area contributed by atoms with Crippen molar-refractivity contribution in [2.24, 2.45) is 0 Å². The van der Waals surface area contributed by atoms with Crippen LogP contribution in [0.5, 0.6) is 0 Å². The Labute approximate surface area is 166 Å². The molecule has 0 atom stereocenters. The van der Waals surface area contributed by atoms with Crippen LogP contribution >= 0.6 is 11.8 Å². The molecular weight excluding hydrogens is 383 g/mol. The van der Waals surface area contributed by atoms with Crippen molar-refractivity contribution in [1.82, 2.24) is 5.32 Å². The Hall–Kier alpha value is -2.68. The van der Waals surface area contributed by atoms with E-state index in [2.05, 4.69) is 10.6 Å². The fourth-order valence-electron chi connectivity index (χ4n) is 2.58. The van der Waals surface area contributed by atoms with Crippen molar-refractivity contribution in [2.75, 3.05) is 26.1 Å². The number of hydrogen-bond donors (Lipinski definition) is 2. The monoisotopic (exact) mass is 402 g/mol. The molecule has 0 saturated carbocycles. The number of methoxy groups -OCH3 is 2. The summed E-state index contributed by atoms with van der Waals surface area (Å²) < 4.78 is 23.9. The van der Waals surface area contributed by atoms with Gasteiger partial charge < -0.3 is 20.1 Å². The number of benzene rings is 2. The second-order valence-corrected chi connectivity index (χ2v) is 6.99. The van der Waals surface area contributed by atoms with Crippen molar-refractivity contribution < 1.29 is 23.5 Å². The third-order valence-corrected chi connectivity index (χ3v) is 5.18. The molecule has 0 bridgehead atoms. The quantitative estimate of drug-likeness (QED) is 0.573. The van der Waals surface area contributed by atoms with E-state index < -0.39 is 12.1 Å². The highest BCUT2D eigenvalue weighted by molar-refractivity contribution is 8.04. The maximum absolute atomic E-state index is 13.8. The molecule has 2 aromatic rings. The normalized spacial score (nSPS) is 14.7. The minimum Gasteiger partial charge on any atom is -0.354 e. The van der Waals surface area contributed by atoms with Crippen molar-refractivity contribution in [3.8, 4) is 0 Å². The zero-order chi connectivity index (χ0) is 20.1. The number of rotatable bonds is 6. The molecule has 0 spiro atoms. The van der Waals surface area contributed by atoms with Gasteiger partial charge in [0.15, 0.2) is 6.29 Å². The van der Waals surface area contributed by atoms with E-state index in [9.17, 15) is 14.0 Å². The van der Waals surface area contributed by atoms with Crippen LogP contribution in [-0.2, 0) is 14.3 Å². The average molecular weight is 402 g/mol. The van der Waals surface area contributed by atoms with Gasteiger partial charge in [0.25, 0.3) is 11.8 Å². The van der Waals surface area contributed by atoms with E-state index in [4.69, 9.17) is 9.47 Å². The maximum Gasteiger partial charge on any atom is 0.262 e. The van der Waals surface area contributed by atoms with E-state index >= 15 is 0 Å². The number of nitrogens with one attached hydrogen (secondary N) is 2. The van der Waals surface area contributed by atoms with Crippen molar-refractivity contribution in [2.45, 2.75) is 11.2 Å². The third-order valence-electron chi connectivity index (χ3n) is 4.08. The topological polar surface area (TPSA) is 76.7 Å². The molecule has 0 aliphatic carbocycles. The van der Waals surface area contributed by atoms with Crippen LogP contribution in [0, 0.1) is 5.82 Å². The van der Waals surface area contributed by atoms with Gasteiger partial charge >= 0.3 is 0 Å². The van der Waals surface area contributed by atoms with Gasteiger partial charge in [-0.1, -0.05) is 30.0 Å². The van der Waals surface area contributed by atoms with Gasteiger partial charge in [-0.3, -0.25) is 9.59 Å². The van der Waals surface area contributed by atoms with Crippen LogP contribution < -0.4 is 10.6 Å². The summed E-state index contributed by atoms with van der Waals surface area (Å²) in [6, 6.07) is 11.2. The number of carbonyl (C=O) groups excluding carboxylic acids is 2. The molecule has 1 aliphatic heterocycles. The van der Waals surface area contributed by atoms with Crippen molar-refractivity contribution in [1.29, 1.82) is 0 Å². The van der Waals surface area contributed by atoms with Crippen molar-refractivity contribution >= 4 is 35.3 Å². The zero-order valence-electron chi connectivity index (χ0n) is 15.3. The summed E-state index contributed by atoms with van der Waals surface area (Å²) in [7, 11) is 2.97. The molecule has 2 aromatic carbocycles. The van der Waals surface area contributed by atoms with Gasteiger partial charge in [-0.05, 0) is 30.3 Å². The van der Waals surface area contributed by atoms with Gasteiger partial charge in [-0.2, -0.15) is 0 Å². The number of ether oxygens (including phenoxy) is 2. The number of hydrogen-bond acceptors (Lipinski definition) is 5. The van der Waals surface area contributed by atoms with Gasteiger partial charge in [0, 0.05) is 30.2 Å². The Bertz CT molecular complexity index is 928. The minimum absolute atomic E-state index is 0.194. The van der Waals surface area contributed by atoms with Crippen LogP contribution in [0.15, 0.2) is 52.3 Å². The number of thioether (sulfide) groups is 1. The first-order valence-electron chi connectivity index (χ1n) is 8.45. The SMILES string of the molecule is COC(CNC(=O)c1ccc2c(c1)NC(=O)C(=Cc1ccccc1F)S2)OC. The summed E-state index contributed by atoms with van der Waals surface area (Å²) in [6.45, 7) is 0.194. The Morgan fingerprint density at radius 1 is 1.25 bits per heavy atom. The Morgan fingerprint density at radius 2 is 2.00 bits per heavy atom. The third kappa shape index (κ3) is 4.59. The molecule has 0 aromatic heterocycles. The van der Waals surface area contributed by atoms with Crippen LogP contribution in [0.4, 0.5) is 10.1 Å². The predicted octanol–water partition coefficient (Wildman–Crippen LogP) is 3.26. The summed E-state index contributed by atoms with van der Waals surface area (Å²) in [5.74, 6) is -1.06. The Balaban J connectivity index is 1.76. The molecule has 1 heterocycles. The lowest BCUT2D eigenvalue weighted by molar-refractivity contribution is -0.112. The lowest BCUT2D eigenvalue weighted by Crippen LogP contribution is -2.34. The van der Waals surface area contributed by atoms with Crippen LogP contribution in [0.2, 0.25) is 0 Å². The summed E-state index contributed by atoms with van der Waals surface area (Å²) in [5.41, 5.74) is 1.26. The molecule has 2 N–H and O–H groups in total. The van der Waals surface area contributed by atoms with E-state index in [0.717, 1.165) is 4.90 Å². The molecule has 0 unspecified atom stereocenters. The molecule has 6 nitrogen and oxygen atoms in total. The number of fused-ring (bicyclic) bond motifs is 1. The smallest absolute Gasteiger partial charge is 0.262 e. The largest absolute Gasteiger partial charge is 0.354 e. The molecule has 2 amide bonds. The molecule has 3 rings (SSSR count). The molecule has 1 aliphatic rings. The van der Waals surface area contributed by atoms with E-state index in [0.29, 0.717) is 21.7 Å². The van der Waals surface area contributed by atoms with Gasteiger partial charge in [0.2, 0.25) is 0 Å². The zero-order valence-corrected chi connectivity index (χ0v) is 16.1. The highest BCUT2D eigenvalue weighted by Gasteiger charge is 2.23. The standard InChI is InChI=1S/C20H19FN2O4S/c1-26-18(27-2)11-22-19(24)13-7-8-16-15(9-13)23-20(25)17(28-16)10-12-5-3-4-6-14(12)21/h3-10,18H,11H2,1-2H3,(H,22,24)(H,23,25). The van der Waals surface area contributed by atoms with Crippen LogP contribution in [0.25, 0.3) is 6.08 Å². The highest BCUT2D eigenvalue weighted by atomic mass is 32.2. The second kappa shape index (κ2) is 9.01.